The lowest BCUT2D eigenvalue weighted by Crippen LogP contribution is -2.30. The van der Waals surface area contributed by atoms with Crippen molar-refractivity contribution in [3.63, 3.8) is 0 Å². The highest BCUT2D eigenvalue weighted by atomic mass is 79.9. The summed E-state index contributed by atoms with van der Waals surface area (Å²) in [4.78, 5) is 12.4. The standard InChI is InChI=1S/C16H15BrClNO2/c1-19(16(20)21)10-15(11-2-6-13(17)7-3-11)12-4-8-14(18)9-5-12/h2-9,15H,10H2,1H3,(H,20,21). The van der Waals surface area contributed by atoms with Crippen LogP contribution in [0.3, 0.4) is 0 Å². The summed E-state index contributed by atoms with van der Waals surface area (Å²) in [6, 6.07) is 15.4. The second-order valence-corrected chi connectivity index (χ2v) is 6.17. The molecule has 0 aliphatic carbocycles. The van der Waals surface area contributed by atoms with E-state index >= 15 is 0 Å². The van der Waals surface area contributed by atoms with E-state index in [0.717, 1.165) is 15.6 Å². The normalized spacial score (nSPS) is 12.0. The zero-order valence-electron chi connectivity index (χ0n) is 11.5. The second-order valence-electron chi connectivity index (χ2n) is 4.82. The van der Waals surface area contributed by atoms with Gasteiger partial charge in [0, 0.05) is 29.0 Å². The molecule has 2 aromatic rings. The highest BCUT2D eigenvalue weighted by Crippen LogP contribution is 2.27. The SMILES string of the molecule is CN(CC(c1ccc(Cl)cc1)c1ccc(Br)cc1)C(=O)O. The Balaban J connectivity index is 2.36. The fourth-order valence-electron chi connectivity index (χ4n) is 2.15. The van der Waals surface area contributed by atoms with Crippen molar-refractivity contribution in [2.24, 2.45) is 0 Å². The van der Waals surface area contributed by atoms with Gasteiger partial charge in [0.15, 0.2) is 0 Å². The Hall–Kier alpha value is -1.52. The van der Waals surface area contributed by atoms with Gasteiger partial charge in [-0.15, -0.1) is 0 Å². The van der Waals surface area contributed by atoms with Gasteiger partial charge < -0.3 is 10.0 Å². The fourth-order valence-corrected chi connectivity index (χ4v) is 2.54. The largest absolute Gasteiger partial charge is 0.465 e. The first kappa shape index (κ1) is 15.9. The second kappa shape index (κ2) is 6.96. The molecule has 21 heavy (non-hydrogen) atoms. The Morgan fingerprint density at radius 1 is 1.14 bits per heavy atom. The van der Waals surface area contributed by atoms with Gasteiger partial charge in [0.05, 0.1) is 0 Å². The molecule has 0 aliphatic rings. The molecule has 0 fully saturated rings. The Labute approximate surface area is 137 Å². The van der Waals surface area contributed by atoms with Crippen LogP contribution in [-0.4, -0.2) is 29.7 Å². The van der Waals surface area contributed by atoms with E-state index in [0.29, 0.717) is 11.6 Å². The minimum Gasteiger partial charge on any atom is -0.465 e. The number of benzene rings is 2. The van der Waals surface area contributed by atoms with Crippen LogP contribution in [0.5, 0.6) is 0 Å². The number of hydrogen-bond acceptors (Lipinski definition) is 1. The van der Waals surface area contributed by atoms with E-state index in [1.54, 1.807) is 7.05 Å². The molecule has 1 N–H and O–H groups in total. The summed E-state index contributed by atoms with van der Waals surface area (Å²) in [6.07, 6.45) is -0.939. The molecule has 1 unspecified atom stereocenters. The topological polar surface area (TPSA) is 40.5 Å². The van der Waals surface area contributed by atoms with Crippen LogP contribution in [0.25, 0.3) is 0 Å². The van der Waals surface area contributed by atoms with Crippen molar-refractivity contribution in [1.82, 2.24) is 4.90 Å². The third-order valence-corrected chi connectivity index (χ3v) is 4.11. The molecule has 0 aliphatic heterocycles. The van der Waals surface area contributed by atoms with Crippen molar-refractivity contribution in [3.05, 3.63) is 69.2 Å². The van der Waals surface area contributed by atoms with Crippen LogP contribution in [0.15, 0.2) is 53.0 Å². The molecule has 0 aromatic heterocycles. The lowest BCUT2D eigenvalue weighted by molar-refractivity contribution is 0.154. The summed E-state index contributed by atoms with van der Waals surface area (Å²) in [6.45, 7) is 0.387. The minimum absolute atomic E-state index is 0.0310. The summed E-state index contributed by atoms with van der Waals surface area (Å²) in [7, 11) is 1.57. The van der Waals surface area contributed by atoms with E-state index in [9.17, 15) is 4.79 Å². The average molecular weight is 369 g/mol. The molecule has 1 atom stereocenters. The number of likely N-dealkylation sites (N-methyl/N-ethyl adjacent to an activating group) is 1. The molecule has 0 saturated carbocycles. The Bertz CT molecular complexity index is 568. The molecule has 0 saturated heterocycles. The molecule has 2 rings (SSSR count). The number of amides is 1. The number of carbonyl (C=O) groups is 1. The maximum Gasteiger partial charge on any atom is 0.407 e. The molecule has 0 heterocycles. The summed E-state index contributed by atoms with van der Waals surface area (Å²) >= 11 is 9.34. The van der Waals surface area contributed by atoms with Crippen molar-refractivity contribution in [2.45, 2.75) is 5.92 Å². The summed E-state index contributed by atoms with van der Waals surface area (Å²) in [5, 5.41) is 9.78. The maximum absolute atomic E-state index is 11.1. The zero-order valence-corrected chi connectivity index (χ0v) is 13.8. The third-order valence-electron chi connectivity index (χ3n) is 3.33. The monoisotopic (exact) mass is 367 g/mol. The summed E-state index contributed by atoms with van der Waals surface area (Å²) < 4.78 is 0.993. The van der Waals surface area contributed by atoms with Crippen LogP contribution >= 0.6 is 27.5 Å². The number of nitrogens with zero attached hydrogens (tertiary/aromatic N) is 1. The molecule has 0 radical (unpaired) electrons. The van der Waals surface area contributed by atoms with Gasteiger partial charge in [-0.3, -0.25) is 0 Å². The lowest BCUT2D eigenvalue weighted by Gasteiger charge is -2.23. The van der Waals surface area contributed by atoms with Gasteiger partial charge in [0.25, 0.3) is 0 Å². The first-order chi connectivity index (χ1) is 9.97. The molecule has 3 nitrogen and oxygen atoms in total. The average Bonchev–Trinajstić information content (AvgIpc) is 2.46. The lowest BCUT2D eigenvalue weighted by atomic mass is 9.91. The van der Waals surface area contributed by atoms with Gasteiger partial charge in [-0.2, -0.15) is 0 Å². The van der Waals surface area contributed by atoms with Crippen molar-refractivity contribution in [3.8, 4) is 0 Å². The minimum atomic E-state index is -0.939. The highest BCUT2D eigenvalue weighted by molar-refractivity contribution is 9.10. The Morgan fingerprint density at radius 2 is 1.62 bits per heavy atom. The van der Waals surface area contributed by atoms with Crippen LogP contribution in [0.2, 0.25) is 5.02 Å². The molecular formula is C16H15BrClNO2. The fraction of sp³-hybridized carbons (Fsp3) is 0.188. The van der Waals surface area contributed by atoms with E-state index < -0.39 is 6.09 Å². The molecule has 2 aromatic carbocycles. The van der Waals surface area contributed by atoms with Crippen LogP contribution in [-0.2, 0) is 0 Å². The van der Waals surface area contributed by atoms with E-state index in [1.165, 1.54) is 4.90 Å². The smallest absolute Gasteiger partial charge is 0.407 e. The van der Waals surface area contributed by atoms with Gasteiger partial charge in [-0.1, -0.05) is 51.8 Å². The van der Waals surface area contributed by atoms with Crippen molar-refractivity contribution < 1.29 is 9.90 Å². The van der Waals surface area contributed by atoms with E-state index in [-0.39, 0.29) is 5.92 Å². The van der Waals surface area contributed by atoms with Crippen LogP contribution in [0, 0.1) is 0 Å². The molecule has 5 heteroatoms. The zero-order chi connectivity index (χ0) is 15.4. The summed E-state index contributed by atoms with van der Waals surface area (Å²) in [5.41, 5.74) is 2.10. The van der Waals surface area contributed by atoms with Crippen molar-refractivity contribution in [1.29, 1.82) is 0 Å². The first-order valence-corrected chi connectivity index (χ1v) is 7.59. The van der Waals surface area contributed by atoms with Crippen molar-refractivity contribution in [2.75, 3.05) is 13.6 Å². The predicted molar refractivity (Wildman–Crippen MR) is 88.1 cm³/mol. The maximum atomic E-state index is 11.1. The van der Waals surface area contributed by atoms with Crippen LogP contribution in [0.1, 0.15) is 17.0 Å². The van der Waals surface area contributed by atoms with E-state index in [2.05, 4.69) is 15.9 Å². The molecule has 110 valence electrons. The van der Waals surface area contributed by atoms with E-state index in [4.69, 9.17) is 16.7 Å². The Morgan fingerprint density at radius 3 is 2.10 bits per heavy atom. The predicted octanol–water partition coefficient (Wildman–Crippen LogP) is 4.84. The summed E-state index contributed by atoms with van der Waals surface area (Å²) in [5.74, 6) is -0.0310. The molecule has 0 spiro atoms. The van der Waals surface area contributed by atoms with Gasteiger partial charge in [-0.05, 0) is 35.4 Å². The number of halogens is 2. The van der Waals surface area contributed by atoms with Gasteiger partial charge in [0.2, 0.25) is 0 Å². The first-order valence-electron chi connectivity index (χ1n) is 6.42. The molecular weight excluding hydrogens is 354 g/mol. The van der Waals surface area contributed by atoms with Crippen LogP contribution in [0.4, 0.5) is 4.79 Å². The number of carboxylic acid groups (broad SMARTS) is 1. The molecule has 0 bridgehead atoms. The van der Waals surface area contributed by atoms with Crippen LogP contribution < -0.4 is 0 Å². The Kier molecular flexibility index (Phi) is 5.26. The number of hydrogen-bond donors (Lipinski definition) is 1. The van der Waals surface area contributed by atoms with Gasteiger partial charge in [0.1, 0.15) is 0 Å². The number of rotatable bonds is 4. The quantitative estimate of drug-likeness (QED) is 0.838. The highest BCUT2D eigenvalue weighted by Gasteiger charge is 2.19. The van der Waals surface area contributed by atoms with Crippen molar-refractivity contribution >= 4 is 33.6 Å². The van der Waals surface area contributed by atoms with Gasteiger partial charge >= 0.3 is 6.09 Å². The van der Waals surface area contributed by atoms with E-state index in [1.807, 2.05) is 48.5 Å². The third kappa shape index (κ3) is 4.22. The van der Waals surface area contributed by atoms with Gasteiger partial charge in [-0.25, -0.2) is 4.79 Å². The molecule has 1 amide bonds.